The first kappa shape index (κ1) is 18.8. The van der Waals surface area contributed by atoms with Gasteiger partial charge >= 0.3 is 0 Å². The average Bonchev–Trinajstić information content (AvgIpc) is 3.04. The monoisotopic (exact) mass is 427 g/mol. The predicted molar refractivity (Wildman–Crippen MR) is 102 cm³/mol. The number of aromatic nitrogens is 2. The molecule has 1 N–H and O–H groups in total. The smallest absolute Gasteiger partial charge is 0.257 e. The number of carbonyl (C=O) groups is 1. The third-order valence-corrected chi connectivity index (χ3v) is 6.69. The maximum Gasteiger partial charge on any atom is 0.257 e. The van der Waals surface area contributed by atoms with Gasteiger partial charge in [0, 0.05) is 5.56 Å². The second-order valence-electron chi connectivity index (χ2n) is 5.16. The highest BCUT2D eigenvalue weighted by molar-refractivity contribution is 7.90. The third kappa shape index (κ3) is 4.39. The van der Waals surface area contributed by atoms with Crippen LogP contribution < -0.4 is 5.32 Å². The number of hydrogen-bond acceptors (Lipinski definition) is 6. The first-order valence-corrected chi connectivity index (χ1v) is 10.4. The van der Waals surface area contributed by atoms with Gasteiger partial charge in [0.15, 0.2) is 9.84 Å². The second-order valence-corrected chi connectivity index (χ2v) is 9.02. The Bertz CT molecular complexity index is 1050. The van der Waals surface area contributed by atoms with E-state index in [4.69, 9.17) is 23.2 Å². The number of rotatable bonds is 5. The quantitative estimate of drug-likeness (QED) is 0.662. The summed E-state index contributed by atoms with van der Waals surface area (Å²) >= 11 is 12.7. The lowest BCUT2D eigenvalue weighted by atomic mass is 10.2. The Morgan fingerprint density at radius 1 is 1.04 bits per heavy atom. The van der Waals surface area contributed by atoms with Gasteiger partial charge in [-0.2, -0.15) is 0 Å². The minimum Gasteiger partial charge on any atom is -0.296 e. The van der Waals surface area contributed by atoms with Gasteiger partial charge in [0.1, 0.15) is 10.8 Å². The molecule has 0 aliphatic heterocycles. The molecule has 0 bridgehead atoms. The van der Waals surface area contributed by atoms with Crippen LogP contribution in [0.1, 0.15) is 15.4 Å². The number of nitrogens with one attached hydrogen (secondary N) is 1. The summed E-state index contributed by atoms with van der Waals surface area (Å²) in [7, 11) is -3.53. The molecule has 0 aliphatic rings. The van der Waals surface area contributed by atoms with Gasteiger partial charge in [0.2, 0.25) is 5.13 Å². The number of amides is 1. The number of halogens is 2. The number of sulfone groups is 1. The lowest BCUT2D eigenvalue weighted by Crippen LogP contribution is -2.11. The van der Waals surface area contributed by atoms with E-state index in [1.54, 1.807) is 18.2 Å². The van der Waals surface area contributed by atoms with E-state index in [-0.39, 0.29) is 25.8 Å². The fourth-order valence-electron chi connectivity index (χ4n) is 2.04. The van der Waals surface area contributed by atoms with Crippen LogP contribution in [-0.4, -0.2) is 24.5 Å². The highest BCUT2D eigenvalue weighted by atomic mass is 35.5. The molecule has 3 aromatic rings. The van der Waals surface area contributed by atoms with Gasteiger partial charge in [0.25, 0.3) is 5.91 Å². The molecule has 26 heavy (non-hydrogen) atoms. The summed E-state index contributed by atoms with van der Waals surface area (Å²) in [5, 5.41) is 11.3. The predicted octanol–water partition coefficient (Wildman–Crippen LogP) is 4.07. The Balaban J connectivity index is 1.72. The zero-order chi connectivity index (χ0) is 18.7. The van der Waals surface area contributed by atoms with Crippen LogP contribution in [-0.2, 0) is 15.6 Å². The van der Waals surface area contributed by atoms with Gasteiger partial charge in [-0.15, -0.1) is 10.2 Å². The third-order valence-electron chi connectivity index (χ3n) is 3.28. The van der Waals surface area contributed by atoms with Crippen LogP contribution in [0, 0.1) is 0 Å². The SMILES string of the molecule is O=C(Nc1nnc(CS(=O)(=O)c2ccccc2)s1)c1ccc(Cl)c(Cl)c1. The highest BCUT2D eigenvalue weighted by Crippen LogP contribution is 2.24. The van der Waals surface area contributed by atoms with Gasteiger partial charge in [-0.3, -0.25) is 10.1 Å². The summed E-state index contributed by atoms with van der Waals surface area (Å²) in [4.78, 5) is 12.4. The Hall–Kier alpha value is -2.00. The van der Waals surface area contributed by atoms with Gasteiger partial charge in [-0.25, -0.2) is 8.42 Å². The van der Waals surface area contributed by atoms with Crippen LogP contribution in [0.2, 0.25) is 10.0 Å². The molecular formula is C16H11Cl2N3O3S2. The average molecular weight is 428 g/mol. The van der Waals surface area contributed by atoms with Gasteiger partial charge in [-0.1, -0.05) is 52.7 Å². The standard InChI is InChI=1S/C16H11Cl2N3O3S2/c17-12-7-6-10(8-13(12)18)15(22)19-16-21-20-14(25-16)9-26(23,24)11-4-2-1-3-5-11/h1-8H,9H2,(H,19,21,22). The van der Waals surface area contributed by atoms with Crippen molar-refractivity contribution < 1.29 is 13.2 Å². The first-order chi connectivity index (χ1) is 12.3. The minimum atomic E-state index is -3.53. The molecule has 3 rings (SSSR count). The fraction of sp³-hybridized carbons (Fsp3) is 0.0625. The first-order valence-electron chi connectivity index (χ1n) is 7.22. The number of benzene rings is 2. The fourth-order valence-corrected chi connectivity index (χ4v) is 4.69. The molecule has 1 amide bonds. The van der Waals surface area contributed by atoms with E-state index in [1.807, 2.05) is 0 Å². The summed E-state index contributed by atoms with van der Waals surface area (Å²) in [6.07, 6.45) is 0. The van der Waals surface area contributed by atoms with Crippen molar-refractivity contribution in [2.75, 3.05) is 5.32 Å². The lowest BCUT2D eigenvalue weighted by molar-refractivity contribution is 0.102. The maximum absolute atomic E-state index is 12.3. The normalized spacial score (nSPS) is 11.3. The van der Waals surface area contributed by atoms with Crippen molar-refractivity contribution in [3.8, 4) is 0 Å². The molecule has 0 fully saturated rings. The van der Waals surface area contributed by atoms with Crippen molar-refractivity contribution in [3.05, 3.63) is 69.1 Å². The molecule has 0 unspecified atom stereocenters. The van der Waals surface area contributed by atoms with E-state index in [1.165, 1.54) is 30.3 Å². The Labute approximate surface area is 163 Å². The van der Waals surface area contributed by atoms with Crippen LogP contribution in [0.4, 0.5) is 5.13 Å². The zero-order valence-corrected chi connectivity index (χ0v) is 16.2. The second kappa shape index (κ2) is 7.71. The number of nitrogens with zero attached hydrogens (tertiary/aromatic N) is 2. The Morgan fingerprint density at radius 2 is 1.77 bits per heavy atom. The maximum atomic E-state index is 12.3. The lowest BCUT2D eigenvalue weighted by Gasteiger charge is -2.02. The van der Waals surface area contributed by atoms with Crippen LogP contribution in [0.3, 0.4) is 0 Å². The van der Waals surface area contributed by atoms with Crippen LogP contribution in [0.5, 0.6) is 0 Å². The Morgan fingerprint density at radius 3 is 2.46 bits per heavy atom. The van der Waals surface area contributed by atoms with Crippen molar-refractivity contribution >= 4 is 55.4 Å². The van der Waals surface area contributed by atoms with Crippen LogP contribution >= 0.6 is 34.5 Å². The molecular weight excluding hydrogens is 417 g/mol. The number of anilines is 1. The summed E-state index contributed by atoms with van der Waals surface area (Å²) in [6, 6.07) is 12.5. The minimum absolute atomic E-state index is 0.194. The summed E-state index contributed by atoms with van der Waals surface area (Å²) in [6.45, 7) is 0. The van der Waals surface area contributed by atoms with E-state index in [2.05, 4.69) is 15.5 Å². The van der Waals surface area contributed by atoms with Crippen LogP contribution in [0.25, 0.3) is 0 Å². The summed E-state index contributed by atoms with van der Waals surface area (Å²) in [5.74, 6) is -0.741. The van der Waals surface area contributed by atoms with Crippen molar-refractivity contribution in [3.63, 3.8) is 0 Å². The summed E-state index contributed by atoms with van der Waals surface area (Å²) < 4.78 is 24.7. The molecule has 0 aliphatic carbocycles. The molecule has 134 valence electrons. The molecule has 1 heterocycles. The molecule has 10 heteroatoms. The highest BCUT2D eigenvalue weighted by Gasteiger charge is 2.19. The van der Waals surface area contributed by atoms with Crippen molar-refractivity contribution in [2.45, 2.75) is 10.6 Å². The van der Waals surface area contributed by atoms with Crippen molar-refractivity contribution in [1.29, 1.82) is 0 Å². The molecule has 0 radical (unpaired) electrons. The molecule has 0 saturated heterocycles. The van der Waals surface area contributed by atoms with E-state index < -0.39 is 15.7 Å². The Kier molecular flexibility index (Phi) is 5.57. The van der Waals surface area contributed by atoms with Gasteiger partial charge in [0.05, 0.1) is 14.9 Å². The molecule has 0 atom stereocenters. The topological polar surface area (TPSA) is 89.0 Å². The van der Waals surface area contributed by atoms with E-state index in [9.17, 15) is 13.2 Å². The van der Waals surface area contributed by atoms with Gasteiger partial charge in [-0.05, 0) is 30.3 Å². The number of carbonyl (C=O) groups excluding carboxylic acids is 1. The summed E-state index contributed by atoms with van der Waals surface area (Å²) in [5.41, 5.74) is 0.299. The van der Waals surface area contributed by atoms with Crippen molar-refractivity contribution in [1.82, 2.24) is 10.2 Å². The zero-order valence-electron chi connectivity index (χ0n) is 13.0. The van der Waals surface area contributed by atoms with E-state index >= 15 is 0 Å². The van der Waals surface area contributed by atoms with Crippen molar-refractivity contribution in [2.24, 2.45) is 0 Å². The molecule has 0 spiro atoms. The van der Waals surface area contributed by atoms with Gasteiger partial charge < -0.3 is 0 Å². The molecule has 6 nitrogen and oxygen atoms in total. The van der Waals surface area contributed by atoms with E-state index in [0.717, 1.165) is 11.3 Å². The van der Waals surface area contributed by atoms with E-state index in [0.29, 0.717) is 10.6 Å². The molecule has 2 aromatic carbocycles. The molecule has 1 aromatic heterocycles. The largest absolute Gasteiger partial charge is 0.296 e. The van der Waals surface area contributed by atoms with Crippen LogP contribution in [0.15, 0.2) is 53.4 Å². The number of hydrogen-bond donors (Lipinski definition) is 1. The molecule has 0 saturated carbocycles.